The van der Waals surface area contributed by atoms with Gasteiger partial charge < -0.3 is 5.11 Å². The number of carboxylic acid groups (broad SMARTS) is 1. The molecule has 22 heavy (non-hydrogen) atoms. The van der Waals surface area contributed by atoms with E-state index in [9.17, 15) is 13.2 Å². The van der Waals surface area contributed by atoms with Crippen molar-refractivity contribution >= 4 is 49.2 Å². The topological polar surface area (TPSA) is 83.5 Å². The lowest BCUT2D eigenvalue weighted by atomic mass is 10.2. The van der Waals surface area contributed by atoms with E-state index in [2.05, 4.69) is 20.7 Å². The summed E-state index contributed by atoms with van der Waals surface area (Å²) in [5, 5.41) is 8.93. The van der Waals surface area contributed by atoms with Crippen molar-refractivity contribution in [3.63, 3.8) is 0 Å². The minimum atomic E-state index is -3.82. The summed E-state index contributed by atoms with van der Waals surface area (Å²) in [6.07, 6.45) is 0. The molecule has 2 N–H and O–H groups in total. The molecule has 5 nitrogen and oxygen atoms in total. The van der Waals surface area contributed by atoms with Crippen LogP contribution >= 0.6 is 27.5 Å². The second-order valence-electron chi connectivity index (χ2n) is 4.54. The quantitative estimate of drug-likeness (QED) is 0.809. The molecular formula is C14H11BrClNO4S. The van der Waals surface area contributed by atoms with Crippen LogP contribution in [0.1, 0.15) is 15.9 Å². The number of nitrogens with one attached hydrogen (secondary N) is 1. The molecule has 2 aromatic rings. The van der Waals surface area contributed by atoms with E-state index < -0.39 is 16.0 Å². The Labute approximate surface area is 141 Å². The number of halogens is 2. The summed E-state index contributed by atoms with van der Waals surface area (Å²) in [5.74, 6) is -1.16. The SMILES string of the molecule is Cc1ccc(S(=O)(=O)Nc2c(Cl)cc(C(=O)O)cc2Br)cc1. The summed E-state index contributed by atoms with van der Waals surface area (Å²) in [6.45, 7) is 1.85. The molecule has 2 aromatic carbocycles. The van der Waals surface area contributed by atoms with Gasteiger partial charge in [0.1, 0.15) is 0 Å². The van der Waals surface area contributed by atoms with Gasteiger partial charge in [0.25, 0.3) is 10.0 Å². The Hall–Kier alpha value is -1.57. The van der Waals surface area contributed by atoms with Gasteiger partial charge in [0.15, 0.2) is 0 Å². The van der Waals surface area contributed by atoms with Crippen LogP contribution in [-0.4, -0.2) is 19.5 Å². The molecule has 0 aromatic heterocycles. The van der Waals surface area contributed by atoms with Crippen molar-refractivity contribution in [1.82, 2.24) is 0 Å². The Morgan fingerprint density at radius 1 is 1.23 bits per heavy atom. The van der Waals surface area contributed by atoms with Gasteiger partial charge in [-0.1, -0.05) is 29.3 Å². The maximum Gasteiger partial charge on any atom is 0.335 e. The highest BCUT2D eigenvalue weighted by molar-refractivity contribution is 9.10. The third kappa shape index (κ3) is 3.60. The van der Waals surface area contributed by atoms with Crippen molar-refractivity contribution in [1.29, 1.82) is 0 Å². The molecule has 0 bridgehead atoms. The molecule has 0 atom stereocenters. The summed E-state index contributed by atoms with van der Waals surface area (Å²) < 4.78 is 27.3. The first kappa shape index (κ1) is 16.8. The third-order valence-electron chi connectivity index (χ3n) is 2.86. The Morgan fingerprint density at radius 3 is 2.32 bits per heavy atom. The van der Waals surface area contributed by atoms with Gasteiger partial charge in [0.2, 0.25) is 0 Å². The van der Waals surface area contributed by atoms with Crippen molar-refractivity contribution in [2.45, 2.75) is 11.8 Å². The summed E-state index contributed by atoms with van der Waals surface area (Å²) in [4.78, 5) is 11.0. The lowest BCUT2D eigenvalue weighted by Crippen LogP contribution is -2.14. The van der Waals surface area contributed by atoms with Gasteiger partial charge in [-0.15, -0.1) is 0 Å². The lowest BCUT2D eigenvalue weighted by molar-refractivity contribution is 0.0697. The summed E-state index contributed by atoms with van der Waals surface area (Å²) in [6, 6.07) is 8.77. The van der Waals surface area contributed by atoms with Crippen LogP contribution in [0.2, 0.25) is 5.02 Å². The molecule has 0 heterocycles. The molecule has 0 aliphatic heterocycles. The van der Waals surface area contributed by atoms with Gasteiger partial charge in [0.05, 0.1) is 21.2 Å². The first-order valence-electron chi connectivity index (χ1n) is 6.02. The molecule has 0 fully saturated rings. The van der Waals surface area contributed by atoms with Gasteiger partial charge in [0, 0.05) is 4.47 Å². The second kappa shape index (κ2) is 6.28. The molecule has 8 heteroatoms. The van der Waals surface area contributed by atoms with Crippen LogP contribution in [0.4, 0.5) is 5.69 Å². The van der Waals surface area contributed by atoms with Crippen LogP contribution in [0.3, 0.4) is 0 Å². The smallest absolute Gasteiger partial charge is 0.335 e. The third-order valence-corrected chi connectivity index (χ3v) is 5.15. The van der Waals surface area contributed by atoms with E-state index in [4.69, 9.17) is 16.7 Å². The standard InChI is InChI=1S/C14H11BrClNO4S/c1-8-2-4-10(5-3-8)22(20,21)17-13-11(15)6-9(14(18)19)7-12(13)16/h2-7,17H,1H3,(H,18,19). The Kier molecular flexibility index (Phi) is 4.79. The average molecular weight is 405 g/mol. The first-order chi connectivity index (χ1) is 10.2. The predicted octanol–water partition coefficient (Wildman–Crippen LogP) is 3.91. The lowest BCUT2D eigenvalue weighted by Gasteiger charge is -2.12. The fourth-order valence-electron chi connectivity index (χ4n) is 1.70. The molecule has 0 spiro atoms. The zero-order chi connectivity index (χ0) is 16.5. The van der Waals surface area contributed by atoms with Crippen molar-refractivity contribution in [2.24, 2.45) is 0 Å². The van der Waals surface area contributed by atoms with E-state index in [0.717, 1.165) is 5.56 Å². The normalized spacial score (nSPS) is 11.2. The molecule has 0 amide bonds. The summed E-state index contributed by atoms with van der Waals surface area (Å²) in [5.41, 5.74) is 0.978. The highest BCUT2D eigenvalue weighted by Crippen LogP contribution is 2.34. The Bertz CT molecular complexity index is 811. The molecule has 0 unspecified atom stereocenters. The van der Waals surface area contributed by atoms with Gasteiger partial charge in [-0.25, -0.2) is 13.2 Å². The van der Waals surface area contributed by atoms with Gasteiger partial charge in [-0.2, -0.15) is 0 Å². The molecule has 0 aliphatic carbocycles. The maximum absolute atomic E-state index is 12.3. The van der Waals surface area contributed by atoms with E-state index in [1.165, 1.54) is 24.3 Å². The number of carboxylic acids is 1. The highest BCUT2D eigenvalue weighted by Gasteiger charge is 2.19. The minimum absolute atomic E-state index is 0.0116. The highest BCUT2D eigenvalue weighted by atomic mass is 79.9. The molecule has 116 valence electrons. The number of benzene rings is 2. The number of anilines is 1. The van der Waals surface area contributed by atoms with Crippen molar-refractivity contribution in [2.75, 3.05) is 4.72 Å². The predicted molar refractivity (Wildman–Crippen MR) is 88.1 cm³/mol. The van der Waals surface area contributed by atoms with Gasteiger partial charge in [-0.05, 0) is 47.1 Å². The number of sulfonamides is 1. The van der Waals surface area contributed by atoms with Crippen LogP contribution in [0.5, 0.6) is 0 Å². The maximum atomic E-state index is 12.3. The number of carbonyl (C=O) groups is 1. The molecule has 0 saturated carbocycles. The Morgan fingerprint density at radius 2 is 1.82 bits per heavy atom. The van der Waals surface area contributed by atoms with Crippen LogP contribution in [-0.2, 0) is 10.0 Å². The first-order valence-corrected chi connectivity index (χ1v) is 8.68. The summed E-state index contributed by atoms with van der Waals surface area (Å²) >= 11 is 9.11. The number of rotatable bonds is 4. The monoisotopic (exact) mass is 403 g/mol. The van der Waals surface area contributed by atoms with E-state index in [-0.39, 0.29) is 25.6 Å². The van der Waals surface area contributed by atoms with E-state index in [0.29, 0.717) is 0 Å². The zero-order valence-electron chi connectivity index (χ0n) is 11.3. The van der Waals surface area contributed by atoms with Crippen molar-refractivity contribution in [3.05, 3.63) is 57.0 Å². The van der Waals surface area contributed by atoms with Crippen LogP contribution in [0.25, 0.3) is 0 Å². The number of aryl methyl sites for hydroxylation is 1. The van der Waals surface area contributed by atoms with Crippen LogP contribution < -0.4 is 4.72 Å². The van der Waals surface area contributed by atoms with Gasteiger partial charge in [-0.3, -0.25) is 4.72 Å². The Balaban J connectivity index is 2.42. The van der Waals surface area contributed by atoms with Crippen molar-refractivity contribution in [3.8, 4) is 0 Å². The second-order valence-corrected chi connectivity index (χ2v) is 7.48. The van der Waals surface area contributed by atoms with Crippen LogP contribution in [0, 0.1) is 6.92 Å². The average Bonchev–Trinajstić information content (AvgIpc) is 2.43. The van der Waals surface area contributed by atoms with Gasteiger partial charge >= 0.3 is 5.97 Å². The largest absolute Gasteiger partial charge is 0.478 e. The zero-order valence-corrected chi connectivity index (χ0v) is 14.5. The molecular weight excluding hydrogens is 394 g/mol. The van der Waals surface area contributed by atoms with Crippen molar-refractivity contribution < 1.29 is 18.3 Å². The van der Waals surface area contributed by atoms with E-state index >= 15 is 0 Å². The number of hydrogen-bond acceptors (Lipinski definition) is 3. The summed E-state index contributed by atoms with van der Waals surface area (Å²) in [7, 11) is -3.82. The van der Waals surface area contributed by atoms with Crippen LogP contribution in [0.15, 0.2) is 45.8 Å². The molecule has 0 aliphatic rings. The van der Waals surface area contributed by atoms with E-state index in [1.807, 2.05) is 6.92 Å². The molecule has 2 rings (SSSR count). The fourth-order valence-corrected chi connectivity index (χ4v) is 3.93. The molecule has 0 radical (unpaired) electrons. The number of hydrogen-bond donors (Lipinski definition) is 2. The molecule has 0 saturated heterocycles. The van der Waals surface area contributed by atoms with E-state index in [1.54, 1.807) is 12.1 Å². The minimum Gasteiger partial charge on any atom is -0.478 e. The number of aromatic carboxylic acids is 1. The fraction of sp³-hybridized carbons (Fsp3) is 0.0714.